The highest BCUT2D eigenvalue weighted by Gasteiger charge is 2.30. The fraction of sp³-hybridized carbons (Fsp3) is 0.448. The molecule has 1 aliphatic carbocycles. The van der Waals surface area contributed by atoms with Gasteiger partial charge in [0, 0.05) is 30.0 Å². The molecule has 3 aromatic rings. The van der Waals surface area contributed by atoms with Gasteiger partial charge >= 0.3 is 6.18 Å². The van der Waals surface area contributed by atoms with E-state index in [1.165, 1.54) is 25.3 Å². The number of anilines is 1. The molecule has 1 aromatic heterocycles. The Hall–Kier alpha value is -3.76. The minimum absolute atomic E-state index is 0.0379. The second kappa shape index (κ2) is 12.6. The molecule has 1 aliphatic rings. The van der Waals surface area contributed by atoms with Gasteiger partial charge in [0.1, 0.15) is 17.8 Å². The van der Waals surface area contributed by atoms with Gasteiger partial charge in [-0.3, -0.25) is 4.79 Å². The molecule has 0 atom stereocenters. The number of hydrogen-bond donors (Lipinski definition) is 2. The molecule has 9 nitrogen and oxygen atoms in total. The SMILES string of the molecule is COc1cc(S(C)(=O)=O)ccc1NCC#Cc1cc(C(=O)NC2CCC(N(C)C)CC2)c2ncn(CC(F)(F)F)c2c1. The number of hydrogen-bond acceptors (Lipinski definition) is 7. The smallest absolute Gasteiger partial charge is 0.406 e. The zero-order chi connectivity index (χ0) is 30.7. The number of fused-ring (bicyclic) bond motifs is 1. The van der Waals surface area contributed by atoms with Crippen molar-refractivity contribution in [2.24, 2.45) is 0 Å². The van der Waals surface area contributed by atoms with Crippen LogP contribution < -0.4 is 15.4 Å². The van der Waals surface area contributed by atoms with Crippen LogP contribution in [-0.2, 0) is 16.4 Å². The molecule has 1 heterocycles. The molecule has 0 spiro atoms. The Morgan fingerprint density at radius 2 is 1.88 bits per heavy atom. The Morgan fingerprint density at radius 3 is 2.50 bits per heavy atom. The number of nitrogens with zero attached hydrogens (tertiary/aromatic N) is 3. The number of aromatic nitrogens is 2. The molecule has 2 N–H and O–H groups in total. The molecule has 0 unspecified atom stereocenters. The lowest BCUT2D eigenvalue weighted by Gasteiger charge is -2.33. The van der Waals surface area contributed by atoms with E-state index in [9.17, 15) is 26.4 Å². The number of rotatable bonds is 8. The number of halogens is 3. The van der Waals surface area contributed by atoms with Crippen LogP contribution in [0.1, 0.15) is 41.6 Å². The van der Waals surface area contributed by atoms with E-state index in [1.54, 1.807) is 12.1 Å². The maximum atomic E-state index is 13.4. The van der Waals surface area contributed by atoms with Crippen LogP contribution in [0.25, 0.3) is 11.0 Å². The average molecular weight is 606 g/mol. The Kier molecular flexibility index (Phi) is 9.37. The maximum Gasteiger partial charge on any atom is 0.406 e. The molecule has 4 rings (SSSR count). The van der Waals surface area contributed by atoms with E-state index in [1.807, 2.05) is 14.1 Å². The van der Waals surface area contributed by atoms with Gasteiger partial charge in [-0.05, 0) is 64.0 Å². The summed E-state index contributed by atoms with van der Waals surface area (Å²) in [7, 11) is 2.06. The highest BCUT2D eigenvalue weighted by molar-refractivity contribution is 7.90. The molecule has 2 aromatic carbocycles. The van der Waals surface area contributed by atoms with Crippen LogP contribution in [0.2, 0.25) is 0 Å². The summed E-state index contributed by atoms with van der Waals surface area (Å²) in [4.78, 5) is 19.8. The van der Waals surface area contributed by atoms with Crippen LogP contribution in [0, 0.1) is 11.8 Å². The third-order valence-electron chi connectivity index (χ3n) is 7.28. The molecule has 0 aliphatic heterocycles. The number of carbonyl (C=O) groups is 1. The Labute approximate surface area is 243 Å². The number of imidazole rings is 1. The first-order valence-corrected chi connectivity index (χ1v) is 15.3. The Morgan fingerprint density at radius 1 is 1.17 bits per heavy atom. The Balaban J connectivity index is 1.58. The van der Waals surface area contributed by atoms with Gasteiger partial charge in [-0.1, -0.05) is 11.8 Å². The molecule has 226 valence electrons. The summed E-state index contributed by atoms with van der Waals surface area (Å²) in [5, 5.41) is 6.09. The van der Waals surface area contributed by atoms with Crippen molar-refractivity contribution < 1.29 is 31.1 Å². The summed E-state index contributed by atoms with van der Waals surface area (Å²) in [6, 6.07) is 7.86. The minimum Gasteiger partial charge on any atom is -0.495 e. The van der Waals surface area contributed by atoms with Crippen molar-refractivity contribution in [3.63, 3.8) is 0 Å². The predicted octanol–water partition coefficient (Wildman–Crippen LogP) is 4.08. The van der Waals surface area contributed by atoms with Gasteiger partial charge in [0.25, 0.3) is 5.91 Å². The standard InChI is InChI=1S/C29H34F3N5O4S/c1-36(2)21-9-7-20(8-10-21)35-28(38)23-14-19(15-25-27(23)34-18-37(25)17-29(30,31)32)6-5-13-33-24-12-11-22(42(4,39)40)16-26(24)41-3/h11-12,14-16,18,20-21,33H,7-10,13,17H2,1-4H3,(H,35,38). The summed E-state index contributed by atoms with van der Waals surface area (Å²) in [6.45, 7) is -1.13. The topological polar surface area (TPSA) is 106 Å². The monoisotopic (exact) mass is 605 g/mol. The molecule has 0 radical (unpaired) electrons. The van der Waals surface area contributed by atoms with Gasteiger partial charge in [-0.15, -0.1) is 0 Å². The number of amides is 1. The second-order valence-electron chi connectivity index (χ2n) is 10.6. The third kappa shape index (κ3) is 7.74. The lowest BCUT2D eigenvalue weighted by Crippen LogP contribution is -2.41. The van der Waals surface area contributed by atoms with E-state index in [0.717, 1.165) is 42.8 Å². The lowest BCUT2D eigenvalue weighted by atomic mass is 9.90. The fourth-order valence-electron chi connectivity index (χ4n) is 5.06. The van der Waals surface area contributed by atoms with Crippen LogP contribution in [0.4, 0.5) is 18.9 Å². The van der Waals surface area contributed by atoms with Gasteiger partial charge in [-0.2, -0.15) is 13.2 Å². The molecule has 1 amide bonds. The predicted molar refractivity (Wildman–Crippen MR) is 154 cm³/mol. The van der Waals surface area contributed by atoms with Crippen molar-refractivity contribution in [3.05, 3.63) is 47.8 Å². The minimum atomic E-state index is -4.47. The van der Waals surface area contributed by atoms with Crippen molar-refractivity contribution in [2.45, 2.75) is 55.4 Å². The third-order valence-corrected chi connectivity index (χ3v) is 8.39. The quantitative estimate of drug-likeness (QED) is 0.373. The van der Waals surface area contributed by atoms with E-state index >= 15 is 0 Å². The zero-order valence-corrected chi connectivity index (χ0v) is 24.7. The summed E-state index contributed by atoms with van der Waals surface area (Å²) in [5.41, 5.74) is 1.37. The van der Waals surface area contributed by atoms with Crippen molar-refractivity contribution in [1.82, 2.24) is 19.8 Å². The highest BCUT2D eigenvalue weighted by Crippen LogP contribution is 2.28. The average Bonchev–Trinajstić information content (AvgIpc) is 3.31. The molecule has 0 saturated heterocycles. The van der Waals surface area contributed by atoms with Crippen LogP contribution in [0.3, 0.4) is 0 Å². The summed E-state index contributed by atoms with van der Waals surface area (Å²) >= 11 is 0. The molecule has 13 heteroatoms. The van der Waals surface area contributed by atoms with Crippen molar-refractivity contribution in [2.75, 3.05) is 39.3 Å². The number of sulfone groups is 1. The Bertz CT molecular complexity index is 1620. The molecule has 1 saturated carbocycles. The number of alkyl halides is 3. The van der Waals surface area contributed by atoms with E-state index in [2.05, 4.69) is 32.4 Å². The molecular formula is C29H34F3N5O4S. The van der Waals surface area contributed by atoms with Gasteiger partial charge in [-0.25, -0.2) is 13.4 Å². The second-order valence-corrected chi connectivity index (χ2v) is 12.6. The van der Waals surface area contributed by atoms with Crippen LogP contribution >= 0.6 is 0 Å². The van der Waals surface area contributed by atoms with E-state index in [-0.39, 0.29) is 34.1 Å². The first kappa shape index (κ1) is 31.2. The molecule has 1 fully saturated rings. The number of methoxy groups -OCH3 is 1. The van der Waals surface area contributed by atoms with Gasteiger partial charge in [0.15, 0.2) is 9.84 Å². The van der Waals surface area contributed by atoms with Gasteiger partial charge < -0.3 is 24.8 Å². The van der Waals surface area contributed by atoms with E-state index < -0.39 is 28.5 Å². The number of nitrogens with one attached hydrogen (secondary N) is 2. The van der Waals surface area contributed by atoms with Gasteiger partial charge in [0.2, 0.25) is 0 Å². The first-order chi connectivity index (χ1) is 19.7. The van der Waals surface area contributed by atoms with Gasteiger partial charge in [0.05, 0.1) is 41.6 Å². The van der Waals surface area contributed by atoms with Crippen molar-refractivity contribution >= 4 is 32.5 Å². The number of carbonyl (C=O) groups excluding carboxylic acids is 1. The highest BCUT2D eigenvalue weighted by atomic mass is 32.2. The molecule has 42 heavy (non-hydrogen) atoms. The van der Waals surface area contributed by atoms with Crippen LogP contribution in [0.15, 0.2) is 41.6 Å². The number of ether oxygens (including phenoxy) is 1. The van der Waals surface area contributed by atoms with Crippen molar-refractivity contribution in [1.29, 1.82) is 0 Å². The number of benzene rings is 2. The van der Waals surface area contributed by atoms with E-state index in [0.29, 0.717) is 23.0 Å². The fourth-order valence-corrected chi connectivity index (χ4v) is 5.70. The molecule has 0 bridgehead atoms. The molecular weight excluding hydrogens is 571 g/mol. The summed E-state index contributed by atoms with van der Waals surface area (Å²) in [6.07, 6.45) is 1.20. The van der Waals surface area contributed by atoms with Crippen molar-refractivity contribution in [3.8, 4) is 17.6 Å². The lowest BCUT2D eigenvalue weighted by molar-refractivity contribution is -0.139. The maximum absolute atomic E-state index is 13.4. The largest absolute Gasteiger partial charge is 0.495 e. The van der Waals surface area contributed by atoms with E-state index in [4.69, 9.17) is 4.74 Å². The van der Waals surface area contributed by atoms with Crippen LogP contribution in [0.5, 0.6) is 5.75 Å². The first-order valence-electron chi connectivity index (χ1n) is 13.4. The van der Waals surface area contributed by atoms with Crippen LogP contribution in [-0.4, -0.2) is 81.0 Å². The normalized spacial score (nSPS) is 17.5. The zero-order valence-electron chi connectivity index (χ0n) is 23.9. The summed E-state index contributed by atoms with van der Waals surface area (Å²) in [5.74, 6) is 5.75. The summed E-state index contributed by atoms with van der Waals surface area (Å²) < 4.78 is 69.7.